The van der Waals surface area contributed by atoms with Crippen molar-refractivity contribution in [3.63, 3.8) is 0 Å². The highest BCUT2D eigenvalue weighted by Gasteiger charge is 2.17. The maximum Gasteiger partial charge on any atom is 0.265 e. The monoisotopic (exact) mass is 337 g/mol. The molecule has 0 saturated carbocycles. The van der Waals surface area contributed by atoms with Crippen molar-refractivity contribution in [2.75, 3.05) is 5.32 Å². The molecule has 0 aromatic heterocycles. The Morgan fingerprint density at radius 3 is 2.36 bits per heavy atom. The number of hydrogen-bond acceptors (Lipinski definition) is 2. The summed E-state index contributed by atoms with van der Waals surface area (Å²) >= 11 is 5.64. The Morgan fingerprint density at radius 2 is 1.77 bits per heavy atom. The van der Waals surface area contributed by atoms with Gasteiger partial charge in [-0.15, -0.1) is 0 Å². The van der Waals surface area contributed by atoms with E-state index in [4.69, 9.17) is 11.6 Å². The molecule has 0 aliphatic carbocycles. The Bertz CT molecular complexity index is 702. The maximum atomic E-state index is 12.8. The third kappa shape index (κ3) is 4.51. The van der Waals surface area contributed by atoms with Crippen molar-refractivity contribution in [3.8, 4) is 0 Å². The number of halogens is 2. The van der Waals surface area contributed by atoms with E-state index in [2.05, 4.69) is 5.32 Å². The number of nitrogens with one attached hydrogen (secondary N) is 1. The van der Waals surface area contributed by atoms with Crippen LogP contribution in [0.25, 0.3) is 0 Å². The van der Waals surface area contributed by atoms with Crippen LogP contribution in [-0.4, -0.2) is 10.1 Å². The van der Waals surface area contributed by atoms with Crippen LogP contribution in [0.3, 0.4) is 0 Å². The molecule has 114 valence electrons. The first kappa shape index (κ1) is 16.4. The number of carbonyl (C=O) groups is 1. The van der Waals surface area contributed by atoms with Crippen LogP contribution in [0, 0.1) is 5.82 Å². The Hall–Kier alpha value is -1.98. The summed E-state index contributed by atoms with van der Waals surface area (Å²) in [6.45, 7) is 0. The van der Waals surface area contributed by atoms with E-state index in [1.54, 1.807) is 0 Å². The molecule has 0 heterocycles. The molecule has 6 heteroatoms. The summed E-state index contributed by atoms with van der Waals surface area (Å²) in [6.07, 6.45) is 0. The van der Waals surface area contributed by atoms with Gasteiger partial charge >= 0.3 is 0 Å². The molecule has 1 amide bonds. The Balaban J connectivity index is 2.05. The second-order valence-electron chi connectivity index (χ2n) is 4.41. The molecule has 1 unspecified atom stereocenters. The van der Waals surface area contributed by atoms with Gasteiger partial charge in [-0.25, -0.2) is 4.39 Å². The quantitative estimate of drug-likeness (QED) is 0.844. The van der Waals surface area contributed by atoms with Crippen LogP contribution >= 0.6 is 11.6 Å². The SMILES string of the molecule is O=C(Nc1ccc(F)cc1)/C(=C\Cl)S(=O)Cc1ccccc1. The van der Waals surface area contributed by atoms with Gasteiger partial charge in [-0.2, -0.15) is 0 Å². The van der Waals surface area contributed by atoms with E-state index in [9.17, 15) is 13.4 Å². The van der Waals surface area contributed by atoms with Crippen molar-refractivity contribution in [2.24, 2.45) is 0 Å². The van der Waals surface area contributed by atoms with Gasteiger partial charge < -0.3 is 5.32 Å². The third-order valence-corrected chi connectivity index (χ3v) is 4.55. The lowest BCUT2D eigenvalue weighted by Gasteiger charge is -2.08. The van der Waals surface area contributed by atoms with Crippen molar-refractivity contribution in [1.29, 1.82) is 0 Å². The lowest BCUT2D eigenvalue weighted by atomic mass is 10.2. The van der Waals surface area contributed by atoms with E-state index < -0.39 is 22.5 Å². The minimum atomic E-state index is -1.57. The maximum absolute atomic E-state index is 12.8. The summed E-state index contributed by atoms with van der Waals surface area (Å²) < 4.78 is 25.1. The fraction of sp³-hybridized carbons (Fsp3) is 0.0625. The molecule has 2 aromatic rings. The first-order chi connectivity index (χ1) is 10.6. The molecule has 0 fully saturated rings. The summed E-state index contributed by atoms with van der Waals surface area (Å²) in [5, 5.41) is 2.54. The molecule has 0 aliphatic heterocycles. The van der Waals surface area contributed by atoms with Crippen LogP contribution in [-0.2, 0) is 21.3 Å². The average molecular weight is 338 g/mol. The van der Waals surface area contributed by atoms with Crippen LogP contribution in [0.2, 0.25) is 0 Å². The molecule has 22 heavy (non-hydrogen) atoms. The van der Waals surface area contributed by atoms with Crippen LogP contribution in [0.1, 0.15) is 5.56 Å². The van der Waals surface area contributed by atoms with Gasteiger partial charge in [0.1, 0.15) is 10.7 Å². The van der Waals surface area contributed by atoms with Crippen molar-refractivity contribution in [1.82, 2.24) is 0 Å². The number of rotatable bonds is 5. The van der Waals surface area contributed by atoms with E-state index in [-0.39, 0.29) is 10.7 Å². The summed E-state index contributed by atoms with van der Waals surface area (Å²) in [5.41, 5.74) is 2.25. The zero-order chi connectivity index (χ0) is 15.9. The minimum Gasteiger partial charge on any atom is -0.321 e. The summed E-state index contributed by atoms with van der Waals surface area (Å²) in [4.78, 5) is 12.1. The molecule has 1 atom stereocenters. The molecule has 0 spiro atoms. The van der Waals surface area contributed by atoms with Gasteiger partial charge in [0, 0.05) is 11.2 Å². The molecule has 0 aliphatic rings. The van der Waals surface area contributed by atoms with Gasteiger partial charge in [0.15, 0.2) is 0 Å². The number of carbonyl (C=O) groups excluding carboxylic acids is 1. The topological polar surface area (TPSA) is 46.2 Å². The molecule has 0 bridgehead atoms. The summed E-state index contributed by atoms with van der Waals surface area (Å²) in [5.74, 6) is -0.786. The first-order valence-electron chi connectivity index (χ1n) is 6.40. The average Bonchev–Trinajstić information content (AvgIpc) is 2.51. The Kier molecular flexibility index (Phi) is 5.86. The van der Waals surface area contributed by atoms with Crippen molar-refractivity contribution in [3.05, 3.63) is 76.4 Å². The molecular weight excluding hydrogens is 325 g/mol. The van der Waals surface area contributed by atoms with Gasteiger partial charge in [0.2, 0.25) is 0 Å². The Morgan fingerprint density at radius 1 is 1.14 bits per heavy atom. The predicted molar refractivity (Wildman–Crippen MR) is 87.3 cm³/mol. The first-order valence-corrected chi connectivity index (χ1v) is 8.15. The minimum absolute atomic E-state index is 0.0326. The van der Waals surface area contributed by atoms with Crippen molar-refractivity contribution in [2.45, 2.75) is 5.75 Å². The summed E-state index contributed by atoms with van der Waals surface area (Å²) in [7, 11) is -1.57. The predicted octanol–water partition coefficient (Wildman–Crippen LogP) is 3.79. The van der Waals surface area contributed by atoms with Crippen molar-refractivity contribution >= 4 is 34.0 Å². The third-order valence-electron chi connectivity index (χ3n) is 2.81. The second kappa shape index (κ2) is 7.87. The van der Waals surface area contributed by atoms with Gasteiger partial charge in [-0.1, -0.05) is 41.9 Å². The van der Waals surface area contributed by atoms with Gasteiger partial charge in [-0.3, -0.25) is 9.00 Å². The molecule has 0 radical (unpaired) electrons. The number of hydrogen-bond donors (Lipinski definition) is 1. The second-order valence-corrected chi connectivity index (χ2v) is 6.05. The van der Waals surface area contributed by atoms with Crippen LogP contribution < -0.4 is 5.32 Å². The van der Waals surface area contributed by atoms with E-state index in [0.29, 0.717) is 5.69 Å². The lowest BCUT2D eigenvalue weighted by Crippen LogP contribution is -2.18. The number of benzene rings is 2. The van der Waals surface area contributed by atoms with Gasteiger partial charge in [-0.05, 0) is 29.8 Å². The van der Waals surface area contributed by atoms with Crippen LogP contribution in [0.15, 0.2) is 65.0 Å². The fourth-order valence-corrected chi connectivity index (χ4v) is 3.14. The molecule has 2 rings (SSSR count). The van der Waals surface area contributed by atoms with E-state index in [1.807, 2.05) is 30.3 Å². The highest BCUT2D eigenvalue weighted by molar-refractivity contribution is 7.89. The zero-order valence-corrected chi connectivity index (χ0v) is 13.0. The highest BCUT2D eigenvalue weighted by atomic mass is 35.5. The van der Waals surface area contributed by atoms with Gasteiger partial charge in [0.05, 0.1) is 16.6 Å². The molecular formula is C16H13ClFNO2S. The highest BCUT2D eigenvalue weighted by Crippen LogP contribution is 2.15. The normalized spacial score (nSPS) is 12.7. The molecule has 2 aromatic carbocycles. The molecule has 0 saturated heterocycles. The smallest absolute Gasteiger partial charge is 0.265 e. The number of anilines is 1. The van der Waals surface area contributed by atoms with E-state index in [1.165, 1.54) is 24.3 Å². The largest absolute Gasteiger partial charge is 0.321 e. The lowest BCUT2D eigenvalue weighted by molar-refractivity contribution is -0.112. The van der Waals surface area contributed by atoms with E-state index in [0.717, 1.165) is 11.1 Å². The zero-order valence-electron chi connectivity index (χ0n) is 11.5. The number of amides is 1. The molecule has 1 N–H and O–H groups in total. The fourth-order valence-electron chi connectivity index (χ4n) is 1.73. The van der Waals surface area contributed by atoms with E-state index >= 15 is 0 Å². The van der Waals surface area contributed by atoms with Gasteiger partial charge in [0.25, 0.3) is 5.91 Å². The van der Waals surface area contributed by atoms with Crippen molar-refractivity contribution < 1.29 is 13.4 Å². The summed E-state index contributed by atoms with van der Waals surface area (Å²) in [6, 6.07) is 14.4. The van der Waals surface area contributed by atoms with Crippen LogP contribution in [0.5, 0.6) is 0 Å². The standard InChI is InChI=1S/C16H13ClFNO2S/c17-10-15(22(21)11-12-4-2-1-3-5-12)16(20)19-14-8-6-13(18)7-9-14/h1-10H,11H2,(H,19,20)/b15-10+. The van der Waals surface area contributed by atoms with Crippen LogP contribution in [0.4, 0.5) is 10.1 Å². The molecule has 3 nitrogen and oxygen atoms in total. The Labute approximate surface area is 135 Å².